The molecule has 2 aromatic carbocycles. The standard InChI is InChI=1S/C26H28F3N3O6/c1-16-21(31-24(37-16)18-5-9-19(10-6-18)26(27,28)29)15-36-20-11-7-17(8-12-20)22(14-32(34)25(30)33)38-23-4-2-3-13-35-23/h5-12,22-23,34H,2-4,13-15H2,1H3,(H2,30,33). The number of oxazole rings is 1. The third-order valence-corrected chi connectivity index (χ3v) is 6.03. The number of primary amides is 1. The van der Waals surface area contributed by atoms with Gasteiger partial charge in [-0.15, -0.1) is 0 Å². The lowest BCUT2D eigenvalue weighted by atomic mass is 10.1. The molecule has 1 saturated heterocycles. The number of nitrogens with zero attached hydrogens (tertiary/aromatic N) is 2. The summed E-state index contributed by atoms with van der Waals surface area (Å²) in [4.78, 5) is 15.7. The highest BCUT2D eigenvalue weighted by molar-refractivity contribution is 5.70. The van der Waals surface area contributed by atoms with Crippen LogP contribution in [0.2, 0.25) is 0 Å². The lowest BCUT2D eigenvalue weighted by molar-refractivity contribution is -0.202. The van der Waals surface area contributed by atoms with Gasteiger partial charge in [-0.1, -0.05) is 12.1 Å². The highest BCUT2D eigenvalue weighted by Crippen LogP contribution is 2.32. The molecule has 3 aromatic rings. The van der Waals surface area contributed by atoms with Crippen LogP contribution < -0.4 is 10.5 Å². The summed E-state index contributed by atoms with van der Waals surface area (Å²) < 4.78 is 61.5. The fraction of sp³-hybridized carbons (Fsp3) is 0.385. The van der Waals surface area contributed by atoms with Crippen LogP contribution in [-0.2, 0) is 22.3 Å². The van der Waals surface area contributed by atoms with Crippen LogP contribution in [0.15, 0.2) is 52.9 Å². The Hall–Kier alpha value is -3.61. The van der Waals surface area contributed by atoms with Crippen molar-refractivity contribution >= 4 is 6.03 Å². The third kappa shape index (κ3) is 7.03. The molecule has 1 aromatic heterocycles. The fourth-order valence-electron chi connectivity index (χ4n) is 3.89. The number of ether oxygens (including phenoxy) is 3. The first-order chi connectivity index (χ1) is 18.1. The van der Waals surface area contributed by atoms with Crippen molar-refractivity contribution in [3.05, 3.63) is 71.1 Å². The summed E-state index contributed by atoms with van der Waals surface area (Å²) in [6.45, 7) is 2.15. The van der Waals surface area contributed by atoms with E-state index in [4.69, 9.17) is 24.4 Å². The van der Waals surface area contributed by atoms with Gasteiger partial charge >= 0.3 is 12.2 Å². The average molecular weight is 536 g/mol. The maximum Gasteiger partial charge on any atom is 0.416 e. The van der Waals surface area contributed by atoms with Crippen molar-refractivity contribution in [2.24, 2.45) is 5.73 Å². The number of carbonyl (C=O) groups is 1. The van der Waals surface area contributed by atoms with Gasteiger partial charge in [0.25, 0.3) is 0 Å². The van der Waals surface area contributed by atoms with E-state index >= 15 is 0 Å². The van der Waals surface area contributed by atoms with E-state index in [1.165, 1.54) is 12.1 Å². The third-order valence-electron chi connectivity index (χ3n) is 6.03. The molecule has 0 saturated carbocycles. The minimum Gasteiger partial charge on any atom is -0.487 e. The molecule has 0 bridgehead atoms. The molecular weight excluding hydrogens is 507 g/mol. The number of halogens is 3. The number of carbonyl (C=O) groups excluding carboxylic acids is 1. The highest BCUT2D eigenvalue weighted by atomic mass is 19.4. The Morgan fingerprint density at radius 1 is 1.18 bits per heavy atom. The second-order valence-corrected chi connectivity index (χ2v) is 8.80. The molecule has 1 aliphatic rings. The van der Waals surface area contributed by atoms with Gasteiger partial charge in [0.05, 0.1) is 12.1 Å². The minimum atomic E-state index is -4.42. The number of alkyl halides is 3. The number of benzene rings is 2. The molecule has 2 amide bonds. The highest BCUT2D eigenvalue weighted by Gasteiger charge is 2.30. The number of hydrogen-bond donors (Lipinski definition) is 2. The zero-order chi connectivity index (χ0) is 27.3. The molecule has 38 heavy (non-hydrogen) atoms. The van der Waals surface area contributed by atoms with Crippen LogP contribution in [0.3, 0.4) is 0 Å². The predicted molar refractivity (Wildman–Crippen MR) is 128 cm³/mol. The molecule has 204 valence electrons. The van der Waals surface area contributed by atoms with E-state index in [9.17, 15) is 23.2 Å². The molecule has 1 fully saturated rings. The molecule has 0 aliphatic carbocycles. The number of aryl methyl sites for hydroxylation is 1. The number of hydrogen-bond acceptors (Lipinski definition) is 7. The molecule has 0 spiro atoms. The SMILES string of the molecule is Cc1oc(-c2ccc(C(F)(F)F)cc2)nc1COc1ccc(C(CN(O)C(N)=O)OC2CCCCO2)cc1. The van der Waals surface area contributed by atoms with Crippen molar-refractivity contribution in [3.8, 4) is 17.2 Å². The summed E-state index contributed by atoms with van der Waals surface area (Å²) in [5, 5.41) is 10.2. The summed E-state index contributed by atoms with van der Waals surface area (Å²) >= 11 is 0. The Kier molecular flexibility index (Phi) is 8.55. The maximum atomic E-state index is 12.8. The maximum absolute atomic E-state index is 12.8. The normalized spacial score (nSPS) is 16.7. The van der Waals surface area contributed by atoms with Gasteiger partial charge in [-0.3, -0.25) is 5.21 Å². The number of aromatic nitrogens is 1. The topological polar surface area (TPSA) is 120 Å². The Morgan fingerprint density at radius 2 is 1.89 bits per heavy atom. The van der Waals surface area contributed by atoms with Crippen molar-refractivity contribution in [1.82, 2.24) is 10.0 Å². The van der Waals surface area contributed by atoms with Crippen LogP contribution >= 0.6 is 0 Å². The largest absolute Gasteiger partial charge is 0.487 e. The van der Waals surface area contributed by atoms with Crippen LogP contribution in [0.25, 0.3) is 11.5 Å². The summed E-state index contributed by atoms with van der Waals surface area (Å²) in [5.41, 5.74) is 6.00. The van der Waals surface area contributed by atoms with E-state index in [0.717, 1.165) is 25.0 Å². The van der Waals surface area contributed by atoms with Crippen molar-refractivity contribution in [2.45, 2.75) is 51.4 Å². The summed E-state index contributed by atoms with van der Waals surface area (Å²) in [6.07, 6.45) is -2.97. The lowest BCUT2D eigenvalue weighted by Crippen LogP contribution is -2.38. The Bertz CT molecular complexity index is 1210. The van der Waals surface area contributed by atoms with Crippen LogP contribution in [-0.4, -0.2) is 40.7 Å². The Labute approximate surface area is 216 Å². The number of nitrogens with two attached hydrogens (primary N) is 1. The zero-order valence-corrected chi connectivity index (χ0v) is 20.6. The van der Waals surface area contributed by atoms with Crippen molar-refractivity contribution < 1.29 is 41.8 Å². The van der Waals surface area contributed by atoms with Crippen LogP contribution in [0.1, 0.15) is 47.9 Å². The molecule has 2 unspecified atom stereocenters. The van der Waals surface area contributed by atoms with E-state index in [1.54, 1.807) is 31.2 Å². The van der Waals surface area contributed by atoms with Crippen LogP contribution in [0.5, 0.6) is 5.75 Å². The molecule has 2 atom stereocenters. The van der Waals surface area contributed by atoms with Gasteiger partial charge in [-0.25, -0.2) is 14.8 Å². The molecule has 1 aliphatic heterocycles. The first-order valence-corrected chi connectivity index (χ1v) is 12.0. The Balaban J connectivity index is 1.40. The second kappa shape index (κ2) is 11.8. The quantitative estimate of drug-likeness (QED) is 0.270. The average Bonchev–Trinajstić information content (AvgIpc) is 3.27. The monoisotopic (exact) mass is 535 g/mol. The Morgan fingerprint density at radius 3 is 2.50 bits per heavy atom. The van der Waals surface area contributed by atoms with Gasteiger partial charge in [0.2, 0.25) is 5.89 Å². The fourth-order valence-corrected chi connectivity index (χ4v) is 3.89. The van der Waals surface area contributed by atoms with Crippen molar-refractivity contribution in [1.29, 1.82) is 0 Å². The van der Waals surface area contributed by atoms with E-state index in [1.807, 2.05) is 0 Å². The van der Waals surface area contributed by atoms with Crippen molar-refractivity contribution in [2.75, 3.05) is 13.2 Å². The van der Waals surface area contributed by atoms with E-state index in [-0.39, 0.29) is 19.0 Å². The number of urea groups is 1. The summed E-state index contributed by atoms with van der Waals surface area (Å²) in [7, 11) is 0. The summed E-state index contributed by atoms with van der Waals surface area (Å²) in [5.74, 6) is 1.18. The van der Waals surface area contributed by atoms with E-state index in [2.05, 4.69) is 4.98 Å². The predicted octanol–water partition coefficient (Wildman–Crippen LogP) is 5.60. The molecule has 0 radical (unpaired) electrons. The van der Waals surface area contributed by atoms with Gasteiger partial charge in [-0.05, 0) is 68.1 Å². The van der Waals surface area contributed by atoms with E-state index in [0.29, 0.717) is 46.4 Å². The number of amides is 2. The summed E-state index contributed by atoms with van der Waals surface area (Å²) in [6, 6.07) is 10.4. The first kappa shape index (κ1) is 27.4. The van der Waals surface area contributed by atoms with E-state index < -0.39 is 30.2 Å². The lowest BCUT2D eigenvalue weighted by Gasteiger charge is -2.29. The van der Waals surface area contributed by atoms with Gasteiger partial charge in [-0.2, -0.15) is 13.2 Å². The first-order valence-electron chi connectivity index (χ1n) is 12.0. The van der Waals surface area contributed by atoms with Crippen LogP contribution in [0, 0.1) is 6.92 Å². The molecular formula is C26H28F3N3O6. The number of hydroxylamine groups is 2. The van der Waals surface area contributed by atoms with Gasteiger partial charge in [0.15, 0.2) is 6.29 Å². The van der Waals surface area contributed by atoms with Gasteiger partial charge in [0.1, 0.15) is 29.9 Å². The molecule has 12 heteroatoms. The van der Waals surface area contributed by atoms with Crippen LogP contribution in [0.4, 0.5) is 18.0 Å². The van der Waals surface area contributed by atoms with Crippen molar-refractivity contribution in [3.63, 3.8) is 0 Å². The molecule has 2 heterocycles. The van der Waals surface area contributed by atoms with Gasteiger partial charge < -0.3 is 24.4 Å². The minimum absolute atomic E-state index is 0.0667. The molecule has 4 rings (SSSR count). The molecule has 3 N–H and O–H groups in total. The second-order valence-electron chi connectivity index (χ2n) is 8.80. The molecule has 9 nitrogen and oxygen atoms in total. The smallest absolute Gasteiger partial charge is 0.416 e. The van der Waals surface area contributed by atoms with Gasteiger partial charge in [0, 0.05) is 12.2 Å². The zero-order valence-electron chi connectivity index (χ0n) is 20.6. The number of rotatable bonds is 9.